The molecular formula is C23H25ClN4OS. The molecule has 3 aromatic rings. The van der Waals surface area contributed by atoms with Crippen LogP contribution in [-0.4, -0.2) is 44.4 Å². The summed E-state index contributed by atoms with van der Waals surface area (Å²) in [6, 6.07) is 13.9. The first-order valence-electron chi connectivity index (χ1n) is 10.2. The van der Waals surface area contributed by atoms with Gasteiger partial charge in [-0.3, -0.25) is 9.36 Å². The van der Waals surface area contributed by atoms with E-state index in [1.54, 1.807) is 0 Å². The first-order valence-corrected chi connectivity index (χ1v) is 11.6. The van der Waals surface area contributed by atoms with Crippen molar-refractivity contribution in [3.05, 3.63) is 58.6 Å². The maximum absolute atomic E-state index is 12.7. The van der Waals surface area contributed by atoms with E-state index in [2.05, 4.69) is 42.2 Å². The maximum atomic E-state index is 12.7. The highest BCUT2D eigenvalue weighted by atomic mass is 35.5. The number of hydrogen-bond acceptors (Lipinski definition) is 4. The summed E-state index contributed by atoms with van der Waals surface area (Å²) in [7, 11) is 0. The molecule has 0 atom stereocenters. The topological polar surface area (TPSA) is 51.0 Å². The molecule has 7 heteroatoms. The van der Waals surface area contributed by atoms with Gasteiger partial charge < -0.3 is 4.90 Å². The number of benzene rings is 2. The van der Waals surface area contributed by atoms with Gasteiger partial charge in [0.05, 0.1) is 16.5 Å². The number of aromatic nitrogens is 3. The number of amides is 1. The number of hydrogen-bond donors (Lipinski definition) is 0. The lowest BCUT2D eigenvalue weighted by Gasteiger charge is -2.26. The van der Waals surface area contributed by atoms with E-state index in [1.165, 1.54) is 18.2 Å². The zero-order valence-corrected chi connectivity index (χ0v) is 18.8. The van der Waals surface area contributed by atoms with E-state index < -0.39 is 0 Å². The molecule has 30 heavy (non-hydrogen) atoms. The molecule has 1 amide bonds. The van der Waals surface area contributed by atoms with Gasteiger partial charge in [0.1, 0.15) is 0 Å². The number of likely N-dealkylation sites (tertiary alicyclic amines) is 1. The minimum Gasteiger partial charge on any atom is -0.342 e. The third kappa shape index (κ3) is 4.40. The quantitative estimate of drug-likeness (QED) is 0.504. The number of piperidine rings is 1. The van der Waals surface area contributed by atoms with Crippen LogP contribution in [0.25, 0.3) is 17.1 Å². The molecular weight excluding hydrogens is 416 g/mol. The van der Waals surface area contributed by atoms with Crippen molar-refractivity contribution in [1.29, 1.82) is 0 Å². The van der Waals surface area contributed by atoms with Crippen LogP contribution in [-0.2, 0) is 4.79 Å². The Hall–Kier alpha value is -2.31. The second kappa shape index (κ2) is 9.23. The molecule has 2 heterocycles. The molecule has 156 valence electrons. The highest BCUT2D eigenvalue weighted by Gasteiger charge is 2.22. The smallest absolute Gasteiger partial charge is 0.233 e. The number of rotatable bonds is 5. The van der Waals surface area contributed by atoms with Gasteiger partial charge in [-0.05, 0) is 62.4 Å². The van der Waals surface area contributed by atoms with Gasteiger partial charge >= 0.3 is 0 Å². The summed E-state index contributed by atoms with van der Waals surface area (Å²) in [6.45, 7) is 5.84. The van der Waals surface area contributed by atoms with Crippen LogP contribution in [0.1, 0.15) is 30.4 Å². The average Bonchev–Trinajstić information content (AvgIpc) is 3.18. The van der Waals surface area contributed by atoms with Gasteiger partial charge in [-0.25, -0.2) is 0 Å². The van der Waals surface area contributed by atoms with Crippen LogP contribution in [0.5, 0.6) is 0 Å². The summed E-state index contributed by atoms with van der Waals surface area (Å²) in [5, 5.41) is 10.2. The molecule has 0 saturated carbocycles. The number of carbonyl (C=O) groups excluding carboxylic acids is 1. The fourth-order valence-electron chi connectivity index (χ4n) is 3.72. The minimum atomic E-state index is 0.162. The van der Waals surface area contributed by atoms with Gasteiger partial charge in [-0.15, -0.1) is 10.2 Å². The largest absolute Gasteiger partial charge is 0.342 e. The molecule has 0 radical (unpaired) electrons. The van der Waals surface area contributed by atoms with E-state index in [9.17, 15) is 4.79 Å². The number of thioether (sulfide) groups is 1. The second-order valence-electron chi connectivity index (χ2n) is 7.64. The van der Waals surface area contributed by atoms with Crippen LogP contribution in [0.2, 0.25) is 5.02 Å². The highest BCUT2D eigenvalue weighted by Crippen LogP contribution is 2.33. The molecule has 0 unspecified atom stereocenters. The molecule has 1 fully saturated rings. The first kappa shape index (κ1) is 20.9. The summed E-state index contributed by atoms with van der Waals surface area (Å²) >= 11 is 7.91. The summed E-state index contributed by atoms with van der Waals surface area (Å²) in [5.74, 6) is 1.20. The third-order valence-corrected chi connectivity index (χ3v) is 6.63. The number of nitrogens with zero attached hydrogens (tertiary/aromatic N) is 4. The summed E-state index contributed by atoms with van der Waals surface area (Å²) < 4.78 is 2.03. The number of carbonyl (C=O) groups is 1. The molecule has 0 spiro atoms. The molecule has 1 saturated heterocycles. The molecule has 0 bridgehead atoms. The zero-order chi connectivity index (χ0) is 21.1. The van der Waals surface area contributed by atoms with Crippen LogP contribution in [0.15, 0.2) is 47.6 Å². The third-order valence-electron chi connectivity index (χ3n) is 5.39. The molecule has 0 N–H and O–H groups in total. The Morgan fingerprint density at radius 1 is 1.07 bits per heavy atom. The van der Waals surface area contributed by atoms with E-state index in [4.69, 9.17) is 11.6 Å². The van der Waals surface area contributed by atoms with Crippen LogP contribution < -0.4 is 0 Å². The molecule has 1 aliphatic heterocycles. The van der Waals surface area contributed by atoms with Gasteiger partial charge in [0, 0.05) is 18.7 Å². The lowest BCUT2D eigenvalue weighted by atomic mass is 10.1. The molecule has 4 rings (SSSR count). The van der Waals surface area contributed by atoms with E-state index in [0.717, 1.165) is 48.3 Å². The Morgan fingerprint density at radius 3 is 2.60 bits per heavy atom. The van der Waals surface area contributed by atoms with Crippen molar-refractivity contribution >= 4 is 29.3 Å². The van der Waals surface area contributed by atoms with Crippen molar-refractivity contribution in [1.82, 2.24) is 19.7 Å². The van der Waals surface area contributed by atoms with Gasteiger partial charge in [0.25, 0.3) is 0 Å². The second-order valence-corrected chi connectivity index (χ2v) is 8.99. The van der Waals surface area contributed by atoms with Crippen LogP contribution in [0.3, 0.4) is 0 Å². The Labute approximate surface area is 186 Å². The highest BCUT2D eigenvalue weighted by molar-refractivity contribution is 7.99. The minimum absolute atomic E-state index is 0.162. The Kier molecular flexibility index (Phi) is 6.44. The summed E-state index contributed by atoms with van der Waals surface area (Å²) in [4.78, 5) is 14.7. The Balaban J connectivity index is 1.71. The van der Waals surface area contributed by atoms with Crippen molar-refractivity contribution in [2.45, 2.75) is 38.3 Å². The van der Waals surface area contributed by atoms with Crippen molar-refractivity contribution in [2.75, 3.05) is 18.8 Å². The van der Waals surface area contributed by atoms with Crippen molar-refractivity contribution in [3.63, 3.8) is 0 Å². The van der Waals surface area contributed by atoms with Crippen molar-refractivity contribution in [3.8, 4) is 17.1 Å². The molecule has 2 aromatic carbocycles. The Morgan fingerprint density at radius 2 is 1.83 bits per heavy atom. The van der Waals surface area contributed by atoms with Crippen molar-refractivity contribution < 1.29 is 4.79 Å². The predicted octanol–water partition coefficient (Wildman–Crippen LogP) is 5.31. The lowest BCUT2D eigenvalue weighted by Crippen LogP contribution is -2.36. The van der Waals surface area contributed by atoms with Gasteiger partial charge in [-0.2, -0.15) is 0 Å². The zero-order valence-electron chi connectivity index (χ0n) is 17.3. The number of halogens is 1. The maximum Gasteiger partial charge on any atom is 0.233 e. The van der Waals surface area contributed by atoms with E-state index in [1.807, 2.05) is 33.7 Å². The van der Waals surface area contributed by atoms with Crippen LogP contribution in [0, 0.1) is 13.8 Å². The van der Waals surface area contributed by atoms with E-state index in [0.29, 0.717) is 21.8 Å². The lowest BCUT2D eigenvalue weighted by molar-refractivity contribution is -0.129. The predicted molar refractivity (Wildman–Crippen MR) is 122 cm³/mol. The summed E-state index contributed by atoms with van der Waals surface area (Å²) in [5.41, 5.74) is 4.08. The number of aryl methyl sites for hydroxylation is 2. The Bertz CT molecular complexity index is 1060. The van der Waals surface area contributed by atoms with Crippen LogP contribution in [0.4, 0.5) is 0 Å². The van der Waals surface area contributed by atoms with Crippen molar-refractivity contribution in [2.24, 2.45) is 0 Å². The SMILES string of the molecule is Cc1ccc(C)c(-n2c(SCC(=O)N3CCCCC3)nnc2-c2ccccc2Cl)c1. The summed E-state index contributed by atoms with van der Waals surface area (Å²) in [6.07, 6.45) is 3.39. The fraction of sp³-hybridized carbons (Fsp3) is 0.348. The molecule has 0 aliphatic carbocycles. The monoisotopic (exact) mass is 440 g/mol. The normalized spacial score (nSPS) is 14.2. The van der Waals surface area contributed by atoms with Gasteiger partial charge in [-0.1, -0.05) is 47.6 Å². The standard InChI is InChI=1S/C23H25ClN4OS/c1-16-10-11-17(2)20(14-16)28-22(18-8-4-5-9-19(18)24)25-26-23(28)30-15-21(29)27-12-6-3-7-13-27/h4-5,8-11,14H,3,6-7,12-13,15H2,1-2H3. The van der Waals surface area contributed by atoms with Gasteiger partial charge in [0.15, 0.2) is 11.0 Å². The average molecular weight is 441 g/mol. The van der Waals surface area contributed by atoms with Gasteiger partial charge in [0.2, 0.25) is 5.91 Å². The molecule has 1 aromatic heterocycles. The fourth-order valence-corrected chi connectivity index (χ4v) is 4.79. The molecule has 1 aliphatic rings. The van der Waals surface area contributed by atoms with Crippen LogP contribution >= 0.6 is 23.4 Å². The first-order chi connectivity index (χ1) is 14.5. The van der Waals surface area contributed by atoms with E-state index in [-0.39, 0.29) is 5.91 Å². The van der Waals surface area contributed by atoms with E-state index >= 15 is 0 Å². The molecule has 5 nitrogen and oxygen atoms in total.